The Bertz CT molecular complexity index is 711. The van der Waals surface area contributed by atoms with E-state index in [-0.39, 0.29) is 23.7 Å². The van der Waals surface area contributed by atoms with E-state index in [9.17, 15) is 9.18 Å². The van der Waals surface area contributed by atoms with E-state index in [2.05, 4.69) is 16.2 Å². The van der Waals surface area contributed by atoms with Gasteiger partial charge in [-0.1, -0.05) is 23.7 Å². The second kappa shape index (κ2) is 8.67. The molecule has 3 N–H and O–H groups in total. The maximum absolute atomic E-state index is 13.1. The number of amides is 1. The molecule has 3 rings (SSSR count). The lowest BCUT2D eigenvalue weighted by atomic mass is 9.94. The second-order valence-electron chi connectivity index (χ2n) is 5.75. The largest absolute Gasteiger partial charge is 0.355 e. The fourth-order valence-corrected chi connectivity index (χ4v) is 3.63. The summed E-state index contributed by atoms with van der Waals surface area (Å²) in [5, 5.41) is 3.69. The zero-order valence-electron chi connectivity index (χ0n) is 13.5. The molecule has 0 bridgehead atoms. The number of thioether (sulfide) groups is 1. The normalized spacial score (nSPS) is 19.8. The molecule has 0 saturated carbocycles. The smallest absolute Gasteiger partial charge is 0.226 e. The van der Waals surface area contributed by atoms with E-state index >= 15 is 0 Å². The molecule has 25 heavy (non-hydrogen) atoms. The maximum Gasteiger partial charge on any atom is 0.226 e. The summed E-state index contributed by atoms with van der Waals surface area (Å²) in [5.74, 6) is 0.256. The van der Waals surface area contributed by atoms with Gasteiger partial charge in [-0.25, -0.2) is 9.82 Å². The van der Waals surface area contributed by atoms with Crippen LogP contribution in [-0.2, 0) is 4.79 Å². The van der Waals surface area contributed by atoms with Gasteiger partial charge in [0.05, 0.1) is 12.0 Å². The first-order valence-electron chi connectivity index (χ1n) is 8.03. The molecular weight excluding hydrogens is 361 g/mol. The molecule has 1 heterocycles. The first-order chi connectivity index (χ1) is 12.1. The van der Waals surface area contributed by atoms with Gasteiger partial charge in [-0.05, 0) is 42.0 Å². The number of carbonyl (C=O) groups excluding carboxylic acids is 1. The quantitative estimate of drug-likeness (QED) is 0.533. The summed E-state index contributed by atoms with van der Waals surface area (Å²) in [7, 11) is 0. The van der Waals surface area contributed by atoms with Gasteiger partial charge >= 0.3 is 0 Å². The van der Waals surface area contributed by atoms with Crippen LogP contribution in [0.25, 0.3) is 0 Å². The molecule has 0 radical (unpaired) electrons. The summed E-state index contributed by atoms with van der Waals surface area (Å²) in [6.07, 6.45) is 0. The van der Waals surface area contributed by atoms with Crippen molar-refractivity contribution in [2.45, 2.75) is 10.9 Å². The van der Waals surface area contributed by atoms with Gasteiger partial charge < -0.3 is 5.32 Å². The van der Waals surface area contributed by atoms with Crippen molar-refractivity contribution in [2.24, 2.45) is 5.92 Å². The minimum absolute atomic E-state index is 0.0106. The number of halogens is 2. The van der Waals surface area contributed by atoms with Gasteiger partial charge in [-0.3, -0.25) is 10.2 Å². The van der Waals surface area contributed by atoms with Crippen molar-refractivity contribution in [1.82, 2.24) is 16.2 Å². The standard InChI is InChI=1S/C18H19ClFN3OS/c19-13-3-7-15(8-4-13)25-10-9-21-18(24)16-11-22-23-17(16)12-1-5-14(20)6-2-12/h1-8,16-17,22-23H,9-11H2,(H,21,24). The number of benzene rings is 2. The summed E-state index contributed by atoms with van der Waals surface area (Å²) in [6.45, 7) is 1.12. The lowest BCUT2D eigenvalue weighted by Gasteiger charge is -2.18. The molecule has 2 unspecified atom stereocenters. The third kappa shape index (κ3) is 4.95. The van der Waals surface area contributed by atoms with Crippen molar-refractivity contribution in [3.05, 3.63) is 64.9 Å². The van der Waals surface area contributed by atoms with E-state index in [0.29, 0.717) is 18.1 Å². The van der Waals surface area contributed by atoms with Gasteiger partial charge in [0.25, 0.3) is 0 Å². The fraction of sp³-hybridized carbons (Fsp3) is 0.278. The summed E-state index contributed by atoms with van der Waals surface area (Å²) in [6, 6.07) is 13.7. The summed E-state index contributed by atoms with van der Waals surface area (Å²) >= 11 is 7.53. The number of hydrogen-bond acceptors (Lipinski definition) is 4. The van der Waals surface area contributed by atoms with Crippen molar-refractivity contribution in [1.29, 1.82) is 0 Å². The maximum atomic E-state index is 13.1. The summed E-state index contributed by atoms with van der Waals surface area (Å²) in [5.41, 5.74) is 7.00. The number of carbonyl (C=O) groups is 1. The van der Waals surface area contributed by atoms with Crippen molar-refractivity contribution in [3.63, 3.8) is 0 Å². The molecular formula is C18H19ClFN3OS. The molecule has 1 amide bonds. The van der Waals surface area contributed by atoms with Crippen LogP contribution in [0, 0.1) is 11.7 Å². The molecule has 0 spiro atoms. The molecule has 1 fully saturated rings. The summed E-state index contributed by atoms with van der Waals surface area (Å²) < 4.78 is 13.1. The monoisotopic (exact) mass is 379 g/mol. The Morgan fingerprint density at radius 3 is 2.64 bits per heavy atom. The predicted octanol–water partition coefficient (Wildman–Crippen LogP) is 3.15. The van der Waals surface area contributed by atoms with Gasteiger partial charge in [-0.2, -0.15) is 0 Å². The van der Waals surface area contributed by atoms with Gasteiger partial charge in [-0.15, -0.1) is 11.8 Å². The molecule has 4 nitrogen and oxygen atoms in total. The molecule has 2 atom stereocenters. The Kier molecular flexibility index (Phi) is 6.31. The Morgan fingerprint density at radius 1 is 1.20 bits per heavy atom. The zero-order chi connectivity index (χ0) is 17.6. The Hall–Kier alpha value is -1.60. The number of hydrogen-bond donors (Lipinski definition) is 3. The van der Waals surface area contributed by atoms with Crippen molar-refractivity contribution >= 4 is 29.3 Å². The highest BCUT2D eigenvalue weighted by Crippen LogP contribution is 2.25. The molecule has 2 aromatic carbocycles. The van der Waals surface area contributed by atoms with E-state index in [1.54, 1.807) is 23.9 Å². The van der Waals surface area contributed by atoms with E-state index in [0.717, 1.165) is 16.2 Å². The van der Waals surface area contributed by atoms with Crippen LogP contribution in [-0.4, -0.2) is 24.7 Å². The molecule has 0 aromatic heterocycles. The first-order valence-corrected chi connectivity index (χ1v) is 9.40. The average Bonchev–Trinajstić information content (AvgIpc) is 3.10. The van der Waals surface area contributed by atoms with Gasteiger partial charge in [0.1, 0.15) is 5.82 Å². The van der Waals surface area contributed by atoms with Crippen LogP contribution in [0.2, 0.25) is 5.02 Å². The molecule has 2 aromatic rings. The van der Waals surface area contributed by atoms with E-state index < -0.39 is 0 Å². The van der Waals surface area contributed by atoms with Gasteiger partial charge in [0.15, 0.2) is 0 Å². The highest BCUT2D eigenvalue weighted by atomic mass is 35.5. The third-order valence-electron chi connectivity index (χ3n) is 4.03. The lowest BCUT2D eigenvalue weighted by molar-refractivity contribution is -0.124. The van der Waals surface area contributed by atoms with Crippen LogP contribution in [0.3, 0.4) is 0 Å². The topological polar surface area (TPSA) is 53.2 Å². The lowest BCUT2D eigenvalue weighted by Crippen LogP contribution is -2.36. The van der Waals surface area contributed by atoms with Gasteiger partial charge in [0, 0.05) is 28.8 Å². The van der Waals surface area contributed by atoms with E-state index in [1.807, 2.05) is 24.3 Å². The number of hydrazine groups is 1. The molecule has 0 aliphatic carbocycles. The van der Waals surface area contributed by atoms with Crippen LogP contribution in [0.5, 0.6) is 0 Å². The predicted molar refractivity (Wildman–Crippen MR) is 99.0 cm³/mol. The zero-order valence-corrected chi connectivity index (χ0v) is 15.0. The van der Waals surface area contributed by atoms with E-state index in [4.69, 9.17) is 11.6 Å². The van der Waals surface area contributed by atoms with Crippen LogP contribution < -0.4 is 16.2 Å². The first kappa shape index (κ1) is 18.2. The van der Waals surface area contributed by atoms with Gasteiger partial charge in [0.2, 0.25) is 5.91 Å². The van der Waals surface area contributed by atoms with Crippen LogP contribution in [0.1, 0.15) is 11.6 Å². The Morgan fingerprint density at radius 2 is 1.92 bits per heavy atom. The molecule has 7 heteroatoms. The van der Waals surface area contributed by atoms with Crippen LogP contribution >= 0.6 is 23.4 Å². The third-order valence-corrected chi connectivity index (χ3v) is 5.30. The minimum atomic E-state index is -0.282. The highest BCUT2D eigenvalue weighted by Gasteiger charge is 2.33. The van der Waals surface area contributed by atoms with Crippen LogP contribution in [0.4, 0.5) is 4.39 Å². The Labute approximate surface area is 155 Å². The minimum Gasteiger partial charge on any atom is -0.355 e. The molecule has 1 aliphatic rings. The Balaban J connectivity index is 1.48. The SMILES string of the molecule is O=C(NCCSc1ccc(Cl)cc1)C1CNNC1c1ccc(F)cc1. The van der Waals surface area contributed by atoms with Crippen molar-refractivity contribution in [2.75, 3.05) is 18.8 Å². The molecule has 1 aliphatic heterocycles. The fourth-order valence-electron chi connectivity index (χ4n) is 2.73. The van der Waals surface area contributed by atoms with E-state index in [1.165, 1.54) is 12.1 Å². The number of rotatable bonds is 6. The average molecular weight is 380 g/mol. The highest BCUT2D eigenvalue weighted by molar-refractivity contribution is 7.99. The molecule has 132 valence electrons. The van der Waals surface area contributed by atoms with Crippen molar-refractivity contribution in [3.8, 4) is 0 Å². The number of nitrogens with one attached hydrogen (secondary N) is 3. The second-order valence-corrected chi connectivity index (χ2v) is 7.36. The van der Waals surface area contributed by atoms with Crippen LogP contribution in [0.15, 0.2) is 53.4 Å². The summed E-state index contributed by atoms with van der Waals surface area (Å²) in [4.78, 5) is 13.6. The molecule has 1 saturated heterocycles. The van der Waals surface area contributed by atoms with Crippen molar-refractivity contribution < 1.29 is 9.18 Å².